The first-order chi connectivity index (χ1) is 4.17. The lowest BCUT2D eigenvalue weighted by atomic mass is 9.75. The molecule has 1 aliphatic rings. The van der Waals surface area contributed by atoms with E-state index in [1.54, 1.807) is 0 Å². The molecule has 0 amide bonds. The summed E-state index contributed by atoms with van der Waals surface area (Å²) in [6.45, 7) is 1.50. The van der Waals surface area contributed by atoms with Crippen LogP contribution in [0.25, 0.3) is 0 Å². The minimum atomic E-state index is -1.34. The molecule has 9 heavy (non-hydrogen) atoms. The van der Waals surface area contributed by atoms with E-state index in [9.17, 15) is 4.39 Å². The van der Waals surface area contributed by atoms with Gasteiger partial charge in [-0.25, -0.2) is 4.39 Å². The SMILES string of the molecule is C#C[C@](C)(F)C1CCC1. The molecule has 1 atom stereocenters. The van der Waals surface area contributed by atoms with Gasteiger partial charge in [-0.15, -0.1) is 6.42 Å². The maximum absolute atomic E-state index is 13.0. The molecule has 0 aliphatic heterocycles. The van der Waals surface area contributed by atoms with Crippen molar-refractivity contribution < 1.29 is 4.39 Å². The Hall–Kier alpha value is -0.510. The quantitative estimate of drug-likeness (QED) is 0.472. The van der Waals surface area contributed by atoms with Crippen LogP contribution in [0.1, 0.15) is 26.2 Å². The van der Waals surface area contributed by atoms with Crippen LogP contribution in [0.3, 0.4) is 0 Å². The third-order valence-corrected chi connectivity index (χ3v) is 2.15. The lowest BCUT2D eigenvalue weighted by Gasteiger charge is -2.32. The monoisotopic (exact) mass is 126 g/mol. The van der Waals surface area contributed by atoms with Gasteiger partial charge in [0.2, 0.25) is 0 Å². The van der Waals surface area contributed by atoms with Gasteiger partial charge in [0, 0.05) is 5.92 Å². The topological polar surface area (TPSA) is 0 Å². The minimum absolute atomic E-state index is 0.141. The lowest BCUT2D eigenvalue weighted by Crippen LogP contribution is -2.32. The van der Waals surface area contributed by atoms with E-state index in [2.05, 4.69) is 5.92 Å². The maximum Gasteiger partial charge on any atom is 0.170 e. The molecule has 0 aromatic carbocycles. The summed E-state index contributed by atoms with van der Waals surface area (Å²) in [5.41, 5.74) is -1.34. The lowest BCUT2D eigenvalue weighted by molar-refractivity contribution is 0.103. The molecule has 1 saturated carbocycles. The van der Waals surface area contributed by atoms with Gasteiger partial charge in [-0.2, -0.15) is 0 Å². The van der Waals surface area contributed by atoms with Gasteiger partial charge in [0.15, 0.2) is 5.67 Å². The molecular formula is C8H11F. The normalized spacial score (nSPS) is 25.9. The smallest absolute Gasteiger partial charge is 0.170 e. The number of hydrogen-bond donors (Lipinski definition) is 0. The minimum Gasteiger partial charge on any atom is -0.230 e. The van der Waals surface area contributed by atoms with Gasteiger partial charge in [-0.3, -0.25) is 0 Å². The van der Waals surface area contributed by atoms with Crippen LogP contribution in [-0.2, 0) is 0 Å². The second-order valence-electron chi connectivity index (χ2n) is 2.85. The molecular weight excluding hydrogens is 115 g/mol. The predicted octanol–water partition coefficient (Wildman–Crippen LogP) is 2.15. The summed E-state index contributed by atoms with van der Waals surface area (Å²) in [6, 6.07) is 0. The average Bonchev–Trinajstić information content (AvgIpc) is 1.60. The summed E-state index contributed by atoms with van der Waals surface area (Å²) in [5, 5.41) is 0. The fourth-order valence-corrected chi connectivity index (χ4v) is 1.07. The van der Waals surface area contributed by atoms with E-state index in [1.807, 2.05) is 0 Å². The summed E-state index contributed by atoms with van der Waals surface area (Å²) in [5.74, 6) is 2.32. The van der Waals surface area contributed by atoms with Gasteiger partial charge >= 0.3 is 0 Å². The van der Waals surface area contributed by atoms with Crippen molar-refractivity contribution in [2.75, 3.05) is 0 Å². The zero-order valence-corrected chi connectivity index (χ0v) is 5.65. The van der Waals surface area contributed by atoms with Gasteiger partial charge in [0.05, 0.1) is 0 Å². The Bertz CT molecular complexity index is 137. The van der Waals surface area contributed by atoms with Gasteiger partial charge < -0.3 is 0 Å². The summed E-state index contributed by atoms with van der Waals surface area (Å²) >= 11 is 0. The first kappa shape index (κ1) is 6.61. The molecule has 0 radical (unpaired) electrons. The van der Waals surface area contributed by atoms with Crippen molar-refractivity contribution >= 4 is 0 Å². The standard InChI is InChI=1S/C8H11F/c1-3-8(2,9)7-5-4-6-7/h1,7H,4-6H2,2H3/t8-/m0/s1. The molecule has 1 fully saturated rings. The number of rotatable bonds is 1. The van der Waals surface area contributed by atoms with E-state index < -0.39 is 5.67 Å². The summed E-state index contributed by atoms with van der Waals surface area (Å²) in [4.78, 5) is 0. The molecule has 1 heteroatoms. The van der Waals surface area contributed by atoms with Gasteiger partial charge in [-0.05, 0) is 19.8 Å². The zero-order valence-electron chi connectivity index (χ0n) is 5.65. The average molecular weight is 126 g/mol. The fraction of sp³-hybridized carbons (Fsp3) is 0.750. The zero-order chi connectivity index (χ0) is 6.91. The van der Waals surface area contributed by atoms with E-state index in [0.29, 0.717) is 0 Å². The van der Waals surface area contributed by atoms with Crippen LogP contribution in [0, 0.1) is 18.3 Å². The molecule has 0 aromatic heterocycles. The van der Waals surface area contributed by atoms with Crippen molar-refractivity contribution in [1.29, 1.82) is 0 Å². The third-order valence-electron chi connectivity index (χ3n) is 2.15. The molecule has 0 unspecified atom stereocenters. The molecule has 0 heterocycles. The third kappa shape index (κ3) is 1.08. The molecule has 1 rings (SSSR count). The van der Waals surface area contributed by atoms with E-state index >= 15 is 0 Å². The summed E-state index contributed by atoms with van der Waals surface area (Å²) in [7, 11) is 0. The highest BCUT2D eigenvalue weighted by molar-refractivity contribution is 5.09. The Morgan fingerprint density at radius 2 is 2.22 bits per heavy atom. The number of terminal acetylenes is 1. The van der Waals surface area contributed by atoms with Crippen LogP contribution in [0.2, 0.25) is 0 Å². The highest BCUT2D eigenvalue weighted by atomic mass is 19.1. The molecule has 0 spiro atoms. The maximum atomic E-state index is 13.0. The largest absolute Gasteiger partial charge is 0.230 e. The van der Waals surface area contributed by atoms with Crippen molar-refractivity contribution in [2.24, 2.45) is 5.92 Å². The van der Waals surface area contributed by atoms with Crippen LogP contribution in [0.15, 0.2) is 0 Å². The molecule has 0 N–H and O–H groups in total. The molecule has 0 aromatic rings. The molecule has 0 bridgehead atoms. The van der Waals surface area contributed by atoms with Crippen LogP contribution in [0.5, 0.6) is 0 Å². The van der Waals surface area contributed by atoms with Gasteiger partial charge in [0.1, 0.15) is 0 Å². The highest BCUT2D eigenvalue weighted by Gasteiger charge is 2.36. The summed E-state index contributed by atoms with van der Waals surface area (Å²) in [6.07, 6.45) is 8.08. The Morgan fingerprint density at radius 3 is 2.33 bits per heavy atom. The fourth-order valence-electron chi connectivity index (χ4n) is 1.07. The second-order valence-corrected chi connectivity index (χ2v) is 2.85. The first-order valence-corrected chi connectivity index (χ1v) is 3.33. The van der Waals surface area contributed by atoms with Crippen LogP contribution in [-0.4, -0.2) is 5.67 Å². The summed E-state index contributed by atoms with van der Waals surface area (Å²) < 4.78 is 13.0. The Balaban J connectivity index is 2.50. The van der Waals surface area contributed by atoms with Gasteiger partial charge in [0.25, 0.3) is 0 Å². The van der Waals surface area contributed by atoms with E-state index in [-0.39, 0.29) is 5.92 Å². The van der Waals surface area contributed by atoms with Crippen LogP contribution in [0.4, 0.5) is 4.39 Å². The van der Waals surface area contributed by atoms with E-state index in [1.165, 1.54) is 6.92 Å². The Kier molecular flexibility index (Phi) is 1.48. The Labute approximate surface area is 55.5 Å². The molecule has 50 valence electrons. The van der Waals surface area contributed by atoms with Crippen LogP contribution >= 0.6 is 0 Å². The van der Waals surface area contributed by atoms with Crippen molar-refractivity contribution in [3.8, 4) is 12.3 Å². The van der Waals surface area contributed by atoms with E-state index in [0.717, 1.165) is 19.3 Å². The van der Waals surface area contributed by atoms with Crippen molar-refractivity contribution in [3.05, 3.63) is 0 Å². The number of halogens is 1. The van der Waals surface area contributed by atoms with Crippen molar-refractivity contribution in [1.82, 2.24) is 0 Å². The highest BCUT2D eigenvalue weighted by Crippen LogP contribution is 2.37. The number of hydrogen-bond acceptors (Lipinski definition) is 0. The second kappa shape index (κ2) is 2.02. The predicted molar refractivity (Wildman–Crippen MR) is 35.7 cm³/mol. The number of alkyl halides is 1. The molecule has 1 aliphatic carbocycles. The van der Waals surface area contributed by atoms with Crippen LogP contribution < -0.4 is 0 Å². The van der Waals surface area contributed by atoms with Crippen molar-refractivity contribution in [3.63, 3.8) is 0 Å². The Morgan fingerprint density at radius 1 is 1.67 bits per heavy atom. The van der Waals surface area contributed by atoms with E-state index in [4.69, 9.17) is 6.42 Å². The molecule has 0 nitrogen and oxygen atoms in total. The molecule has 0 saturated heterocycles. The van der Waals surface area contributed by atoms with Gasteiger partial charge in [-0.1, -0.05) is 12.3 Å². The van der Waals surface area contributed by atoms with Crippen molar-refractivity contribution in [2.45, 2.75) is 31.9 Å². The first-order valence-electron chi connectivity index (χ1n) is 3.33.